The maximum atomic E-state index is 5.97. The maximum Gasteiger partial charge on any atom is 0.224 e. The van der Waals surface area contributed by atoms with Crippen LogP contribution in [0.5, 0.6) is 0 Å². The second-order valence-corrected chi connectivity index (χ2v) is 5.87. The highest BCUT2D eigenvalue weighted by Crippen LogP contribution is 2.31. The Labute approximate surface area is 108 Å². The van der Waals surface area contributed by atoms with Gasteiger partial charge in [0.05, 0.1) is 0 Å². The first kappa shape index (κ1) is 12.6. The molecule has 0 unspecified atom stereocenters. The average Bonchev–Trinajstić information content (AvgIpc) is 2.27. The number of hydrogen-bond acceptors (Lipinski definition) is 3. The van der Waals surface area contributed by atoms with E-state index in [1.807, 2.05) is 0 Å². The summed E-state index contributed by atoms with van der Waals surface area (Å²) in [5.41, 5.74) is 1.38. The van der Waals surface area contributed by atoms with Crippen LogP contribution in [0.4, 0.5) is 5.82 Å². The molecular formula is C13H20ClN3. The third kappa shape index (κ3) is 3.09. The molecule has 1 aromatic heterocycles. The Bertz CT molecular complexity index is 404. The normalized spacial score (nSPS) is 19.4. The van der Waals surface area contributed by atoms with Crippen LogP contribution < -0.4 is 4.90 Å². The smallest absolute Gasteiger partial charge is 0.224 e. The molecule has 4 heteroatoms. The first-order valence-corrected chi connectivity index (χ1v) is 6.66. The number of nitrogens with zero attached hydrogens (tertiary/aromatic N) is 3. The Morgan fingerprint density at radius 3 is 2.82 bits per heavy atom. The maximum absolute atomic E-state index is 5.97. The first-order valence-electron chi connectivity index (χ1n) is 6.28. The molecule has 0 bridgehead atoms. The summed E-state index contributed by atoms with van der Waals surface area (Å²) in [6.45, 7) is 8.82. The highest BCUT2D eigenvalue weighted by atomic mass is 35.5. The van der Waals surface area contributed by atoms with Crippen LogP contribution >= 0.6 is 11.6 Å². The molecule has 2 rings (SSSR count). The molecule has 94 valence electrons. The van der Waals surface area contributed by atoms with Gasteiger partial charge in [-0.2, -0.15) is 0 Å². The van der Waals surface area contributed by atoms with Crippen molar-refractivity contribution in [1.29, 1.82) is 0 Å². The fourth-order valence-electron chi connectivity index (χ4n) is 2.41. The summed E-state index contributed by atoms with van der Waals surface area (Å²) in [4.78, 5) is 10.9. The molecule has 0 saturated carbocycles. The van der Waals surface area contributed by atoms with Crippen LogP contribution in [-0.4, -0.2) is 23.1 Å². The monoisotopic (exact) mass is 253 g/mol. The Morgan fingerprint density at radius 2 is 2.18 bits per heavy atom. The largest absolute Gasteiger partial charge is 0.356 e. The average molecular weight is 254 g/mol. The van der Waals surface area contributed by atoms with Crippen molar-refractivity contribution < 1.29 is 0 Å². The van der Waals surface area contributed by atoms with Gasteiger partial charge in [-0.3, -0.25) is 0 Å². The van der Waals surface area contributed by atoms with Crippen molar-refractivity contribution in [1.82, 2.24) is 9.97 Å². The van der Waals surface area contributed by atoms with E-state index in [1.54, 1.807) is 0 Å². The summed E-state index contributed by atoms with van der Waals surface area (Å²) in [5.74, 6) is 0.981. The molecule has 3 nitrogen and oxygen atoms in total. The van der Waals surface area contributed by atoms with Gasteiger partial charge in [-0.25, -0.2) is 9.97 Å². The number of hydrogen-bond donors (Lipinski definition) is 0. The Kier molecular flexibility index (Phi) is 3.57. The molecule has 0 spiro atoms. The first-order chi connectivity index (χ1) is 8.00. The predicted octanol–water partition coefficient (Wildman–Crippen LogP) is 3.32. The molecule has 1 aromatic rings. The van der Waals surface area contributed by atoms with Crippen molar-refractivity contribution in [3.05, 3.63) is 17.0 Å². The summed E-state index contributed by atoms with van der Waals surface area (Å²) in [7, 11) is 0. The lowest BCUT2D eigenvalue weighted by Gasteiger charge is -2.38. The van der Waals surface area contributed by atoms with Gasteiger partial charge < -0.3 is 4.90 Å². The molecule has 2 heterocycles. The van der Waals surface area contributed by atoms with Gasteiger partial charge in [0.25, 0.3) is 0 Å². The number of anilines is 1. The number of aromatic nitrogens is 2. The predicted molar refractivity (Wildman–Crippen MR) is 71.6 cm³/mol. The lowest BCUT2D eigenvalue weighted by Crippen LogP contribution is -2.40. The molecule has 0 N–H and O–H groups in total. The van der Waals surface area contributed by atoms with Gasteiger partial charge in [-0.15, -0.1) is 0 Å². The van der Waals surface area contributed by atoms with E-state index < -0.39 is 0 Å². The lowest BCUT2D eigenvalue weighted by molar-refractivity contribution is 0.292. The highest BCUT2D eigenvalue weighted by molar-refractivity contribution is 6.28. The van der Waals surface area contributed by atoms with E-state index in [-0.39, 0.29) is 0 Å². The van der Waals surface area contributed by atoms with Gasteiger partial charge in [-0.05, 0) is 36.3 Å². The van der Waals surface area contributed by atoms with Crippen molar-refractivity contribution in [2.45, 2.75) is 40.0 Å². The van der Waals surface area contributed by atoms with Crippen LogP contribution in [0.2, 0.25) is 5.28 Å². The van der Waals surface area contributed by atoms with E-state index in [4.69, 9.17) is 11.6 Å². The molecule has 0 radical (unpaired) electrons. The highest BCUT2D eigenvalue weighted by Gasteiger charge is 2.27. The zero-order chi connectivity index (χ0) is 12.5. The van der Waals surface area contributed by atoms with Crippen LogP contribution in [0.15, 0.2) is 6.07 Å². The van der Waals surface area contributed by atoms with Gasteiger partial charge in [0.15, 0.2) is 0 Å². The fraction of sp³-hybridized carbons (Fsp3) is 0.692. The van der Waals surface area contributed by atoms with E-state index in [0.717, 1.165) is 31.0 Å². The van der Waals surface area contributed by atoms with Gasteiger partial charge >= 0.3 is 0 Å². The van der Waals surface area contributed by atoms with Crippen molar-refractivity contribution >= 4 is 17.4 Å². The second kappa shape index (κ2) is 4.81. The summed E-state index contributed by atoms with van der Waals surface area (Å²) in [6, 6.07) is 2.06. The quantitative estimate of drug-likeness (QED) is 0.758. The third-order valence-electron chi connectivity index (χ3n) is 3.33. The second-order valence-electron chi connectivity index (χ2n) is 5.53. The molecule has 0 amide bonds. The van der Waals surface area contributed by atoms with Crippen LogP contribution in [0.1, 0.15) is 39.3 Å². The van der Waals surface area contributed by atoms with Gasteiger partial charge in [0.2, 0.25) is 5.28 Å². The van der Waals surface area contributed by atoms with E-state index in [1.165, 1.54) is 12.8 Å². The van der Waals surface area contributed by atoms with E-state index in [0.29, 0.717) is 10.7 Å². The van der Waals surface area contributed by atoms with Gasteiger partial charge in [0.1, 0.15) is 5.82 Å². The zero-order valence-electron chi connectivity index (χ0n) is 10.8. The third-order valence-corrected chi connectivity index (χ3v) is 3.49. The topological polar surface area (TPSA) is 29.0 Å². The van der Waals surface area contributed by atoms with Crippen molar-refractivity contribution in [2.24, 2.45) is 5.41 Å². The van der Waals surface area contributed by atoms with Crippen molar-refractivity contribution in [3.8, 4) is 0 Å². The van der Waals surface area contributed by atoms with Crippen molar-refractivity contribution in [3.63, 3.8) is 0 Å². The fourth-order valence-corrected chi connectivity index (χ4v) is 2.61. The van der Waals surface area contributed by atoms with Gasteiger partial charge in [-0.1, -0.05) is 20.8 Å². The zero-order valence-corrected chi connectivity index (χ0v) is 11.6. The summed E-state index contributed by atoms with van der Waals surface area (Å²) in [6.07, 6.45) is 3.39. The lowest BCUT2D eigenvalue weighted by atomic mass is 9.84. The number of aryl methyl sites for hydroxylation is 1. The molecular weight excluding hydrogens is 234 g/mol. The molecule has 17 heavy (non-hydrogen) atoms. The van der Waals surface area contributed by atoms with E-state index in [9.17, 15) is 0 Å². The van der Waals surface area contributed by atoms with E-state index >= 15 is 0 Å². The number of halogens is 1. The Morgan fingerprint density at radius 1 is 1.41 bits per heavy atom. The molecule has 1 fully saturated rings. The van der Waals surface area contributed by atoms with Crippen LogP contribution in [0.25, 0.3) is 0 Å². The number of piperidine rings is 1. The van der Waals surface area contributed by atoms with E-state index in [2.05, 4.69) is 41.7 Å². The van der Waals surface area contributed by atoms with Crippen LogP contribution in [0.3, 0.4) is 0 Å². The molecule has 0 aliphatic carbocycles. The molecule has 1 aliphatic rings. The molecule has 1 saturated heterocycles. The number of rotatable bonds is 2. The Balaban J connectivity index is 2.24. The molecule has 0 atom stereocenters. The molecule has 0 aromatic carbocycles. The Hall–Kier alpha value is -0.830. The van der Waals surface area contributed by atoms with Crippen LogP contribution in [0, 0.1) is 5.41 Å². The van der Waals surface area contributed by atoms with Crippen molar-refractivity contribution in [2.75, 3.05) is 18.0 Å². The molecule has 1 aliphatic heterocycles. The summed E-state index contributed by atoms with van der Waals surface area (Å²) >= 11 is 5.97. The summed E-state index contributed by atoms with van der Waals surface area (Å²) < 4.78 is 0. The SMILES string of the molecule is CCc1cc(N2CCCC(C)(C)C2)nc(Cl)n1. The minimum atomic E-state index is 0.363. The van der Waals surface area contributed by atoms with Crippen LogP contribution in [-0.2, 0) is 6.42 Å². The minimum Gasteiger partial charge on any atom is -0.356 e. The standard InChI is InChI=1S/C13H20ClN3/c1-4-10-8-11(16-12(14)15-10)17-7-5-6-13(2,3)9-17/h8H,4-7,9H2,1-3H3. The summed E-state index contributed by atoms with van der Waals surface area (Å²) in [5, 5.41) is 0.364. The van der Waals surface area contributed by atoms with Gasteiger partial charge in [0, 0.05) is 24.8 Å². The minimum absolute atomic E-state index is 0.363.